The van der Waals surface area contributed by atoms with E-state index < -0.39 is 29.2 Å². The lowest BCUT2D eigenvalue weighted by molar-refractivity contribution is -0.115. The molecule has 0 atom stereocenters. The predicted molar refractivity (Wildman–Crippen MR) is 89.4 cm³/mol. The number of carbonyl (C=O) groups excluding carboxylic acids is 1. The highest BCUT2D eigenvalue weighted by molar-refractivity contribution is 5.92. The van der Waals surface area contributed by atoms with Gasteiger partial charge in [0.2, 0.25) is 17.6 Å². The normalized spacial score (nSPS) is 10.5. The molecule has 0 aliphatic carbocycles. The number of aromatic nitrogens is 1. The molecule has 0 saturated carbocycles. The molecule has 8 heteroatoms. The summed E-state index contributed by atoms with van der Waals surface area (Å²) in [7, 11) is 0. The van der Waals surface area contributed by atoms with E-state index in [4.69, 9.17) is 4.74 Å². The second-order valence-corrected chi connectivity index (χ2v) is 5.48. The molecule has 0 fully saturated rings. The summed E-state index contributed by atoms with van der Waals surface area (Å²) in [5.41, 5.74) is 0.186. The van der Waals surface area contributed by atoms with Crippen LogP contribution < -0.4 is 10.1 Å². The number of hydrogen-bond acceptors (Lipinski definition) is 3. The number of nitrogens with zero attached hydrogens (tertiary/aromatic N) is 1. The van der Waals surface area contributed by atoms with Crippen LogP contribution in [0.15, 0.2) is 54.7 Å². The molecule has 1 aromatic heterocycles. The van der Waals surface area contributed by atoms with Crippen LogP contribution in [0, 0.1) is 23.3 Å². The van der Waals surface area contributed by atoms with E-state index in [0.717, 1.165) is 12.1 Å². The minimum Gasteiger partial charge on any atom is -0.436 e. The zero-order chi connectivity index (χ0) is 19.4. The Morgan fingerprint density at radius 1 is 0.926 bits per heavy atom. The minimum absolute atomic E-state index is 0.0197. The lowest BCUT2D eigenvalue weighted by Crippen LogP contribution is -2.15. The maximum absolute atomic E-state index is 13.6. The maximum Gasteiger partial charge on any atom is 0.228 e. The Labute approximate surface area is 151 Å². The summed E-state index contributed by atoms with van der Waals surface area (Å²) in [6.45, 7) is 0. The number of carbonyl (C=O) groups is 1. The van der Waals surface area contributed by atoms with Gasteiger partial charge in [0.1, 0.15) is 0 Å². The summed E-state index contributed by atoms with van der Waals surface area (Å²) in [6.07, 6.45) is 0.864. The van der Waals surface area contributed by atoms with Crippen molar-refractivity contribution in [2.24, 2.45) is 0 Å². The summed E-state index contributed by atoms with van der Waals surface area (Å²) in [6, 6.07) is 9.80. The van der Waals surface area contributed by atoms with Gasteiger partial charge in [0.25, 0.3) is 0 Å². The average Bonchev–Trinajstić information content (AvgIpc) is 2.64. The van der Waals surface area contributed by atoms with Gasteiger partial charge in [-0.3, -0.25) is 4.79 Å². The number of benzene rings is 2. The van der Waals surface area contributed by atoms with Crippen molar-refractivity contribution in [3.05, 3.63) is 83.6 Å². The van der Waals surface area contributed by atoms with Gasteiger partial charge >= 0.3 is 0 Å². The Balaban J connectivity index is 1.64. The fourth-order valence-electron chi connectivity index (χ4n) is 2.25. The highest BCUT2D eigenvalue weighted by Crippen LogP contribution is 2.25. The van der Waals surface area contributed by atoms with Crippen LogP contribution in [0.1, 0.15) is 5.56 Å². The first-order chi connectivity index (χ1) is 12.9. The van der Waals surface area contributed by atoms with Crippen LogP contribution in [0.4, 0.5) is 23.2 Å². The van der Waals surface area contributed by atoms with E-state index in [-0.39, 0.29) is 29.3 Å². The highest BCUT2D eigenvalue weighted by atomic mass is 19.2. The molecule has 27 heavy (non-hydrogen) atoms. The van der Waals surface area contributed by atoms with Crippen molar-refractivity contribution in [3.63, 3.8) is 0 Å². The van der Waals surface area contributed by atoms with E-state index in [9.17, 15) is 22.4 Å². The largest absolute Gasteiger partial charge is 0.436 e. The Morgan fingerprint density at radius 3 is 2.33 bits per heavy atom. The second-order valence-electron chi connectivity index (χ2n) is 5.48. The lowest BCUT2D eigenvalue weighted by Gasteiger charge is -2.08. The summed E-state index contributed by atoms with van der Waals surface area (Å²) < 4.78 is 58.6. The quantitative estimate of drug-likeness (QED) is 0.662. The fourth-order valence-corrected chi connectivity index (χ4v) is 2.25. The van der Waals surface area contributed by atoms with Crippen molar-refractivity contribution in [3.8, 4) is 11.6 Å². The van der Waals surface area contributed by atoms with Crippen molar-refractivity contribution in [2.45, 2.75) is 6.42 Å². The van der Waals surface area contributed by atoms with Crippen LogP contribution in [-0.4, -0.2) is 10.9 Å². The van der Waals surface area contributed by atoms with Gasteiger partial charge in [-0.1, -0.05) is 18.2 Å². The lowest BCUT2D eigenvalue weighted by atomic mass is 10.1. The van der Waals surface area contributed by atoms with Gasteiger partial charge in [0.15, 0.2) is 23.2 Å². The van der Waals surface area contributed by atoms with E-state index in [2.05, 4.69) is 10.3 Å². The molecule has 0 radical (unpaired) electrons. The number of amides is 1. The number of nitrogens with one attached hydrogen (secondary N) is 1. The van der Waals surface area contributed by atoms with Crippen molar-refractivity contribution < 1.29 is 27.1 Å². The number of anilines is 1. The Morgan fingerprint density at radius 2 is 1.63 bits per heavy atom. The summed E-state index contributed by atoms with van der Waals surface area (Å²) in [5.74, 6) is -5.24. The number of rotatable bonds is 5. The molecule has 1 N–H and O–H groups in total. The topological polar surface area (TPSA) is 51.2 Å². The molecule has 0 aliphatic rings. The van der Waals surface area contributed by atoms with Crippen LogP contribution in [0.5, 0.6) is 11.6 Å². The molecule has 1 amide bonds. The molecule has 4 nitrogen and oxygen atoms in total. The summed E-state index contributed by atoms with van der Waals surface area (Å²) in [5, 5.41) is 2.47. The minimum atomic E-state index is -1.14. The maximum atomic E-state index is 13.6. The van der Waals surface area contributed by atoms with E-state index in [1.54, 1.807) is 0 Å². The third-order valence-corrected chi connectivity index (χ3v) is 3.53. The molecule has 3 aromatic rings. The monoisotopic (exact) mass is 376 g/mol. The van der Waals surface area contributed by atoms with Gasteiger partial charge in [-0.25, -0.2) is 18.2 Å². The van der Waals surface area contributed by atoms with Crippen LogP contribution in [-0.2, 0) is 11.2 Å². The van der Waals surface area contributed by atoms with E-state index in [1.165, 1.54) is 42.6 Å². The fraction of sp³-hybridized carbons (Fsp3) is 0.0526. The molecule has 0 unspecified atom stereocenters. The molecule has 3 rings (SSSR count). The molecule has 0 saturated heterocycles. The molecular weight excluding hydrogens is 364 g/mol. The number of pyridine rings is 1. The molecule has 1 heterocycles. The molecule has 0 aliphatic heterocycles. The first kappa shape index (κ1) is 18.4. The highest BCUT2D eigenvalue weighted by Gasteiger charge is 2.13. The first-order valence-electron chi connectivity index (χ1n) is 7.74. The molecule has 0 bridgehead atoms. The molecule has 138 valence electrons. The molecular formula is C19H12F4N2O2. The van der Waals surface area contributed by atoms with Gasteiger partial charge in [0, 0.05) is 11.6 Å². The zero-order valence-corrected chi connectivity index (χ0v) is 13.7. The van der Waals surface area contributed by atoms with E-state index in [1.807, 2.05) is 0 Å². The smallest absolute Gasteiger partial charge is 0.228 e. The van der Waals surface area contributed by atoms with Crippen LogP contribution in [0.3, 0.4) is 0 Å². The summed E-state index contributed by atoms with van der Waals surface area (Å²) in [4.78, 5) is 15.8. The van der Waals surface area contributed by atoms with Crippen LogP contribution >= 0.6 is 0 Å². The first-order valence-corrected chi connectivity index (χ1v) is 7.74. The SMILES string of the molecule is O=C(Cc1cccc(F)c1F)Nc1ccc(Oc2cccc(F)c2F)nc1. The Bertz CT molecular complexity index is 978. The third-order valence-electron chi connectivity index (χ3n) is 3.53. The molecule has 2 aromatic carbocycles. The second kappa shape index (κ2) is 7.86. The third kappa shape index (κ3) is 4.41. The van der Waals surface area contributed by atoms with Gasteiger partial charge in [-0.05, 0) is 24.3 Å². The van der Waals surface area contributed by atoms with E-state index >= 15 is 0 Å². The average molecular weight is 376 g/mol. The van der Waals surface area contributed by atoms with Gasteiger partial charge in [0.05, 0.1) is 18.3 Å². The van der Waals surface area contributed by atoms with Crippen molar-refractivity contribution in [1.29, 1.82) is 0 Å². The van der Waals surface area contributed by atoms with Gasteiger partial charge in [-0.2, -0.15) is 4.39 Å². The van der Waals surface area contributed by atoms with Crippen LogP contribution in [0.25, 0.3) is 0 Å². The predicted octanol–water partition coefficient (Wildman–Crippen LogP) is 4.61. The summed E-state index contributed by atoms with van der Waals surface area (Å²) >= 11 is 0. The zero-order valence-electron chi connectivity index (χ0n) is 13.7. The van der Waals surface area contributed by atoms with E-state index in [0.29, 0.717) is 0 Å². The Kier molecular flexibility index (Phi) is 5.35. The number of halogens is 4. The van der Waals surface area contributed by atoms with Crippen molar-refractivity contribution in [2.75, 3.05) is 5.32 Å². The van der Waals surface area contributed by atoms with Crippen molar-refractivity contribution in [1.82, 2.24) is 4.98 Å². The number of ether oxygens (including phenoxy) is 1. The molecule has 0 spiro atoms. The van der Waals surface area contributed by atoms with Gasteiger partial charge < -0.3 is 10.1 Å². The Hall–Kier alpha value is -3.42. The van der Waals surface area contributed by atoms with Crippen LogP contribution in [0.2, 0.25) is 0 Å². The number of hydrogen-bond donors (Lipinski definition) is 1. The van der Waals surface area contributed by atoms with Gasteiger partial charge in [-0.15, -0.1) is 0 Å². The standard InChI is InChI=1S/C19H12F4N2O2/c20-13-4-1-3-11(18(13)22)9-16(26)25-12-7-8-17(24-10-12)27-15-6-2-5-14(21)19(15)23/h1-8,10H,9H2,(H,25,26). The van der Waals surface area contributed by atoms with Crippen molar-refractivity contribution >= 4 is 11.6 Å².